The molecule has 3 heterocycles. The molecular formula is C19H17N5O2. The van der Waals surface area contributed by atoms with Crippen molar-refractivity contribution in [2.45, 2.75) is 20.4 Å². The Hall–Kier alpha value is -3.48. The number of aryl methyl sites for hydroxylation is 2. The predicted octanol–water partition coefficient (Wildman–Crippen LogP) is 2.30. The van der Waals surface area contributed by atoms with E-state index in [2.05, 4.69) is 15.4 Å². The zero-order valence-electron chi connectivity index (χ0n) is 14.4. The van der Waals surface area contributed by atoms with Crippen molar-refractivity contribution in [2.75, 3.05) is 5.32 Å². The van der Waals surface area contributed by atoms with Gasteiger partial charge in [0.15, 0.2) is 5.65 Å². The quantitative estimate of drug-likeness (QED) is 0.616. The molecule has 3 aromatic heterocycles. The highest BCUT2D eigenvalue weighted by Gasteiger charge is 2.15. The Kier molecular flexibility index (Phi) is 3.76. The fraction of sp³-hybridized carbons (Fsp3) is 0.158. The zero-order valence-corrected chi connectivity index (χ0v) is 14.4. The molecule has 0 bridgehead atoms. The van der Waals surface area contributed by atoms with Gasteiger partial charge in [0.1, 0.15) is 12.1 Å². The predicted molar refractivity (Wildman–Crippen MR) is 99.3 cm³/mol. The van der Waals surface area contributed by atoms with Gasteiger partial charge in [0.05, 0.1) is 11.2 Å². The molecule has 0 saturated carbocycles. The maximum atomic E-state index is 12.9. The van der Waals surface area contributed by atoms with Gasteiger partial charge in [0.25, 0.3) is 5.56 Å². The van der Waals surface area contributed by atoms with Crippen LogP contribution in [-0.4, -0.2) is 25.1 Å². The lowest BCUT2D eigenvalue weighted by Gasteiger charge is -2.11. The average molecular weight is 347 g/mol. The number of hydrogen-bond acceptors (Lipinski definition) is 4. The lowest BCUT2D eigenvalue weighted by atomic mass is 10.2. The van der Waals surface area contributed by atoms with E-state index in [0.717, 1.165) is 11.3 Å². The molecule has 7 nitrogen and oxygen atoms in total. The van der Waals surface area contributed by atoms with Crippen molar-refractivity contribution in [1.29, 1.82) is 0 Å². The highest BCUT2D eigenvalue weighted by Crippen LogP contribution is 2.14. The van der Waals surface area contributed by atoms with Crippen molar-refractivity contribution in [3.05, 3.63) is 70.3 Å². The summed E-state index contributed by atoms with van der Waals surface area (Å²) in [6.45, 7) is 3.67. The van der Waals surface area contributed by atoms with E-state index >= 15 is 0 Å². The van der Waals surface area contributed by atoms with Crippen molar-refractivity contribution in [2.24, 2.45) is 0 Å². The van der Waals surface area contributed by atoms with Crippen LogP contribution in [0.1, 0.15) is 11.3 Å². The summed E-state index contributed by atoms with van der Waals surface area (Å²) in [5.74, 6) is -0.275. The van der Waals surface area contributed by atoms with Crippen LogP contribution in [0, 0.1) is 13.8 Å². The first kappa shape index (κ1) is 16.0. The van der Waals surface area contributed by atoms with Crippen molar-refractivity contribution >= 4 is 28.3 Å². The fourth-order valence-corrected chi connectivity index (χ4v) is 3.05. The van der Waals surface area contributed by atoms with Crippen LogP contribution in [0.15, 0.2) is 53.5 Å². The summed E-state index contributed by atoms with van der Waals surface area (Å²) in [6.07, 6.45) is 1.64. The second-order valence-corrected chi connectivity index (χ2v) is 6.24. The number of amides is 1. The third-order valence-electron chi connectivity index (χ3n) is 4.16. The van der Waals surface area contributed by atoms with Crippen LogP contribution in [0.5, 0.6) is 0 Å². The molecule has 26 heavy (non-hydrogen) atoms. The molecule has 0 aliphatic heterocycles. The van der Waals surface area contributed by atoms with Crippen LogP contribution in [0.3, 0.4) is 0 Å². The minimum absolute atomic E-state index is 0.101. The molecule has 1 N–H and O–H groups in total. The fourth-order valence-electron chi connectivity index (χ4n) is 3.05. The van der Waals surface area contributed by atoms with E-state index < -0.39 is 0 Å². The monoisotopic (exact) mass is 347 g/mol. The molecule has 4 rings (SSSR count). The van der Waals surface area contributed by atoms with Crippen molar-refractivity contribution in [3.63, 3.8) is 0 Å². The number of nitrogens with one attached hydrogen (secondary N) is 1. The first-order valence-electron chi connectivity index (χ1n) is 8.23. The minimum Gasteiger partial charge on any atom is -0.325 e. The summed E-state index contributed by atoms with van der Waals surface area (Å²) in [7, 11) is 0. The van der Waals surface area contributed by atoms with Gasteiger partial charge in [-0.05, 0) is 49.7 Å². The molecule has 130 valence electrons. The van der Waals surface area contributed by atoms with Gasteiger partial charge in [-0.1, -0.05) is 12.1 Å². The molecule has 0 spiro atoms. The van der Waals surface area contributed by atoms with E-state index in [1.54, 1.807) is 24.4 Å². The van der Waals surface area contributed by atoms with Crippen LogP contribution in [-0.2, 0) is 11.3 Å². The number of anilines is 1. The van der Waals surface area contributed by atoms with Gasteiger partial charge in [-0.15, -0.1) is 0 Å². The lowest BCUT2D eigenvalue weighted by Crippen LogP contribution is -2.29. The summed E-state index contributed by atoms with van der Waals surface area (Å²) in [5, 5.41) is 7.18. The number of pyridine rings is 1. The van der Waals surface area contributed by atoms with Crippen LogP contribution in [0.2, 0.25) is 0 Å². The topological polar surface area (TPSA) is 81.3 Å². The lowest BCUT2D eigenvalue weighted by molar-refractivity contribution is -0.116. The SMILES string of the molecule is Cc1cccc(NC(=O)Cn2c(=O)c3cc(C)nn3c3ncccc32)c1. The number of carbonyl (C=O) groups is 1. The molecular weight excluding hydrogens is 330 g/mol. The van der Waals surface area contributed by atoms with Crippen molar-refractivity contribution in [1.82, 2.24) is 19.2 Å². The van der Waals surface area contributed by atoms with E-state index in [1.807, 2.05) is 38.1 Å². The average Bonchev–Trinajstić information content (AvgIpc) is 3.01. The highest BCUT2D eigenvalue weighted by molar-refractivity contribution is 5.91. The first-order chi connectivity index (χ1) is 12.5. The van der Waals surface area contributed by atoms with E-state index in [0.29, 0.717) is 22.4 Å². The zero-order chi connectivity index (χ0) is 18.3. The van der Waals surface area contributed by atoms with Crippen LogP contribution < -0.4 is 10.9 Å². The van der Waals surface area contributed by atoms with Crippen LogP contribution >= 0.6 is 0 Å². The Balaban J connectivity index is 1.79. The van der Waals surface area contributed by atoms with E-state index in [9.17, 15) is 9.59 Å². The standard InChI is InChI=1S/C19H17N5O2/c1-12-5-3-6-14(9-12)21-17(25)11-23-15-7-4-8-20-18(15)24-16(19(23)26)10-13(2)22-24/h3-10H,11H2,1-2H3,(H,21,25). The molecule has 1 aromatic carbocycles. The van der Waals surface area contributed by atoms with Gasteiger partial charge in [-0.3, -0.25) is 14.2 Å². The molecule has 1 amide bonds. The summed E-state index contributed by atoms with van der Waals surface area (Å²) in [4.78, 5) is 29.7. The van der Waals surface area contributed by atoms with Gasteiger partial charge in [-0.2, -0.15) is 5.10 Å². The summed E-state index contributed by atoms with van der Waals surface area (Å²) in [6, 6.07) is 12.7. The molecule has 0 aliphatic carbocycles. The molecule has 0 atom stereocenters. The van der Waals surface area contributed by atoms with Gasteiger partial charge in [0.2, 0.25) is 5.91 Å². The molecule has 4 aromatic rings. The Labute approximate surface area is 148 Å². The molecule has 0 aliphatic rings. The van der Waals surface area contributed by atoms with Crippen LogP contribution in [0.4, 0.5) is 5.69 Å². The number of aromatic nitrogens is 4. The maximum Gasteiger partial charge on any atom is 0.277 e. The second-order valence-electron chi connectivity index (χ2n) is 6.24. The molecule has 0 unspecified atom stereocenters. The molecule has 0 saturated heterocycles. The van der Waals surface area contributed by atoms with E-state index in [1.165, 1.54) is 9.08 Å². The Morgan fingerprint density at radius 3 is 2.77 bits per heavy atom. The summed E-state index contributed by atoms with van der Waals surface area (Å²) < 4.78 is 2.96. The first-order valence-corrected chi connectivity index (χ1v) is 8.23. The van der Waals surface area contributed by atoms with Gasteiger partial charge >= 0.3 is 0 Å². The van der Waals surface area contributed by atoms with Crippen LogP contribution in [0.25, 0.3) is 16.7 Å². The maximum absolute atomic E-state index is 12.9. The van der Waals surface area contributed by atoms with E-state index in [4.69, 9.17) is 0 Å². The smallest absolute Gasteiger partial charge is 0.277 e. The largest absolute Gasteiger partial charge is 0.325 e. The second kappa shape index (κ2) is 6.11. The Morgan fingerprint density at radius 2 is 1.96 bits per heavy atom. The minimum atomic E-state index is -0.275. The number of benzene rings is 1. The number of carbonyl (C=O) groups excluding carboxylic acids is 1. The van der Waals surface area contributed by atoms with Gasteiger partial charge in [0, 0.05) is 11.9 Å². The number of rotatable bonds is 3. The van der Waals surface area contributed by atoms with Crippen molar-refractivity contribution in [3.8, 4) is 0 Å². The number of nitrogens with zero attached hydrogens (tertiary/aromatic N) is 4. The third-order valence-corrected chi connectivity index (χ3v) is 4.16. The molecule has 7 heteroatoms. The molecule has 0 radical (unpaired) electrons. The van der Waals surface area contributed by atoms with Gasteiger partial charge < -0.3 is 5.32 Å². The normalized spacial score (nSPS) is 11.2. The third kappa shape index (κ3) is 2.73. The Morgan fingerprint density at radius 1 is 1.12 bits per heavy atom. The molecule has 0 fully saturated rings. The number of hydrogen-bond donors (Lipinski definition) is 1. The summed E-state index contributed by atoms with van der Waals surface area (Å²) >= 11 is 0. The van der Waals surface area contributed by atoms with Crippen molar-refractivity contribution < 1.29 is 4.79 Å². The highest BCUT2D eigenvalue weighted by atomic mass is 16.2. The van der Waals surface area contributed by atoms with Gasteiger partial charge in [-0.25, -0.2) is 9.50 Å². The van der Waals surface area contributed by atoms with E-state index in [-0.39, 0.29) is 18.0 Å². The number of fused-ring (bicyclic) bond motifs is 3. The summed E-state index contributed by atoms with van der Waals surface area (Å²) in [5.41, 5.74) is 3.70. The Bertz CT molecular complexity index is 1210.